The molecule has 3 nitrogen and oxygen atoms in total. The van der Waals surface area contributed by atoms with Gasteiger partial charge in [0.1, 0.15) is 5.92 Å². The van der Waals surface area contributed by atoms with E-state index >= 15 is 0 Å². The molecule has 2 rings (SSSR count). The number of benzene rings is 2. The van der Waals surface area contributed by atoms with Crippen molar-refractivity contribution in [2.24, 2.45) is 5.92 Å². The van der Waals surface area contributed by atoms with Gasteiger partial charge in [0.05, 0.1) is 0 Å². The van der Waals surface area contributed by atoms with Crippen LogP contribution in [0.4, 0.5) is 0 Å². The van der Waals surface area contributed by atoms with E-state index in [1.54, 1.807) is 37.3 Å². The summed E-state index contributed by atoms with van der Waals surface area (Å²) in [6.07, 6.45) is 0. The summed E-state index contributed by atoms with van der Waals surface area (Å²) in [6.45, 7) is 1.77. The van der Waals surface area contributed by atoms with Crippen molar-refractivity contribution in [2.45, 2.75) is 12.8 Å². The van der Waals surface area contributed by atoms with Crippen molar-refractivity contribution in [2.75, 3.05) is 0 Å². The molecule has 0 radical (unpaired) electrons. The normalized spacial score (nSPS) is 13.4. The van der Waals surface area contributed by atoms with E-state index < -0.39 is 11.9 Å². The summed E-state index contributed by atoms with van der Waals surface area (Å²) in [5, 5.41) is 9.42. The molecule has 2 atom stereocenters. The van der Waals surface area contributed by atoms with Crippen LogP contribution in [-0.4, -0.2) is 16.9 Å². The molecular weight excluding hydrogens is 252 g/mol. The molecular formula is C17H16O3. The van der Waals surface area contributed by atoms with Gasteiger partial charge in [0.2, 0.25) is 0 Å². The third-order valence-corrected chi connectivity index (χ3v) is 3.43. The van der Waals surface area contributed by atoms with E-state index in [2.05, 4.69) is 0 Å². The second kappa shape index (κ2) is 6.15. The Labute approximate surface area is 117 Å². The van der Waals surface area contributed by atoms with Crippen molar-refractivity contribution in [1.82, 2.24) is 0 Å². The Morgan fingerprint density at radius 1 is 0.900 bits per heavy atom. The molecule has 0 spiro atoms. The van der Waals surface area contributed by atoms with Gasteiger partial charge in [-0.3, -0.25) is 9.59 Å². The summed E-state index contributed by atoms with van der Waals surface area (Å²) >= 11 is 0. The van der Waals surface area contributed by atoms with Gasteiger partial charge in [-0.05, 0) is 5.56 Å². The SMILES string of the molecule is CC(c1ccccc1)C(C(=O)O)C(=O)c1ccccc1. The number of carbonyl (C=O) groups excluding carboxylic acids is 1. The van der Waals surface area contributed by atoms with Crippen molar-refractivity contribution in [1.29, 1.82) is 0 Å². The lowest BCUT2D eigenvalue weighted by molar-refractivity contribution is -0.140. The van der Waals surface area contributed by atoms with Gasteiger partial charge in [-0.25, -0.2) is 0 Å². The minimum absolute atomic E-state index is 0.352. The number of hydrogen-bond acceptors (Lipinski definition) is 2. The Hall–Kier alpha value is -2.42. The van der Waals surface area contributed by atoms with Crippen LogP contribution in [0, 0.1) is 5.92 Å². The summed E-state index contributed by atoms with van der Waals surface area (Å²) in [5.74, 6) is -2.88. The van der Waals surface area contributed by atoms with E-state index in [0.717, 1.165) is 5.56 Å². The molecule has 3 heteroatoms. The van der Waals surface area contributed by atoms with E-state index in [9.17, 15) is 14.7 Å². The van der Waals surface area contributed by atoms with Crippen LogP contribution in [-0.2, 0) is 4.79 Å². The predicted molar refractivity (Wildman–Crippen MR) is 76.8 cm³/mol. The Bertz CT molecular complexity index is 590. The minimum Gasteiger partial charge on any atom is -0.481 e. The molecule has 1 N–H and O–H groups in total. The third-order valence-electron chi connectivity index (χ3n) is 3.43. The molecule has 0 aromatic heterocycles. The van der Waals surface area contributed by atoms with Crippen LogP contribution in [0.25, 0.3) is 0 Å². The van der Waals surface area contributed by atoms with Gasteiger partial charge in [0.15, 0.2) is 5.78 Å². The second-order valence-electron chi connectivity index (χ2n) is 4.75. The van der Waals surface area contributed by atoms with Crippen LogP contribution < -0.4 is 0 Å². The van der Waals surface area contributed by atoms with Gasteiger partial charge >= 0.3 is 5.97 Å². The maximum Gasteiger partial charge on any atom is 0.315 e. The molecule has 0 bridgehead atoms. The molecule has 0 fully saturated rings. The zero-order valence-corrected chi connectivity index (χ0v) is 11.2. The van der Waals surface area contributed by atoms with Gasteiger partial charge in [-0.1, -0.05) is 67.6 Å². The molecule has 0 saturated heterocycles. The molecule has 2 aromatic carbocycles. The van der Waals surface area contributed by atoms with Gasteiger partial charge in [0, 0.05) is 11.5 Å². The fourth-order valence-corrected chi connectivity index (χ4v) is 2.28. The average molecular weight is 268 g/mol. The fraction of sp³-hybridized carbons (Fsp3) is 0.176. The molecule has 102 valence electrons. The van der Waals surface area contributed by atoms with E-state index in [4.69, 9.17) is 0 Å². The van der Waals surface area contributed by atoms with Gasteiger partial charge in [-0.2, -0.15) is 0 Å². The molecule has 0 amide bonds. The van der Waals surface area contributed by atoms with Crippen molar-refractivity contribution in [3.8, 4) is 0 Å². The summed E-state index contributed by atoms with van der Waals surface area (Å²) in [7, 11) is 0. The van der Waals surface area contributed by atoms with Gasteiger partial charge in [-0.15, -0.1) is 0 Å². The van der Waals surface area contributed by atoms with Crippen molar-refractivity contribution in [3.63, 3.8) is 0 Å². The van der Waals surface area contributed by atoms with Crippen molar-refractivity contribution >= 4 is 11.8 Å². The number of rotatable bonds is 5. The van der Waals surface area contributed by atoms with E-state index in [1.165, 1.54) is 0 Å². The molecule has 20 heavy (non-hydrogen) atoms. The minimum atomic E-state index is -1.09. The van der Waals surface area contributed by atoms with Crippen LogP contribution in [0.5, 0.6) is 0 Å². The van der Waals surface area contributed by atoms with E-state index in [1.807, 2.05) is 30.3 Å². The first kappa shape index (κ1) is 14.0. The number of carboxylic acids is 1. The Morgan fingerprint density at radius 2 is 1.40 bits per heavy atom. The summed E-state index contributed by atoms with van der Waals surface area (Å²) < 4.78 is 0. The van der Waals surface area contributed by atoms with Crippen LogP contribution >= 0.6 is 0 Å². The first-order chi connectivity index (χ1) is 9.61. The van der Waals surface area contributed by atoms with Crippen LogP contribution in [0.15, 0.2) is 60.7 Å². The predicted octanol–water partition coefficient (Wildman–Crippen LogP) is 3.37. The number of carbonyl (C=O) groups is 2. The largest absolute Gasteiger partial charge is 0.481 e. The highest BCUT2D eigenvalue weighted by Crippen LogP contribution is 2.27. The Balaban J connectivity index is 2.33. The first-order valence-corrected chi connectivity index (χ1v) is 6.48. The third kappa shape index (κ3) is 2.94. The van der Waals surface area contributed by atoms with Crippen LogP contribution in [0.1, 0.15) is 28.8 Å². The number of aliphatic carboxylic acids is 1. The smallest absolute Gasteiger partial charge is 0.315 e. The topological polar surface area (TPSA) is 54.4 Å². The molecule has 0 saturated carbocycles. The highest BCUT2D eigenvalue weighted by molar-refractivity contribution is 6.08. The second-order valence-corrected chi connectivity index (χ2v) is 4.75. The number of ketones is 1. The van der Waals surface area contributed by atoms with Crippen LogP contribution in [0.3, 0.4) is 0 Å². The lowest BCUT2D eigenvalue weighted by Gasteiger charge is -2.19. The van der Waals surface area contributed by atoms with Crippen LogP contribution in [0.2, 0.25) is 0 Å². The lowest BCUT2D eigenvalue weighted by atomic mass is 9.82. The first-order valence-electron chi connectivity index (χ1n) is 6.48. The standard InChI is InChI=1S/C17H16O3/c1-12(13-8-4-2-5-9-13)15(17(19)20)16(18)14-10-6-3-7-11-14/h2-12,15H,1H3,(H,19,20). The molecule has 0 aliphatic carbocycles. The molecule has 2 aromatic rings. The van der Waals surface area contributed by atoms with Crippen molar-refractivity contribution < 1.29 is 14.7 Å². The van der Waals surface area contributed by atoms with Gasteiger partial charge in [0.25, 0.3) is 0 Å². The monoisotopic (exact) mass is 268 g/mol. The number of hydrogen-bond donors (Lipinski definition) is 1. The molecule has 2 unspecified atom stereocenters. The highest BCUT2D eigenvalue weighted by Gasteiger charge is 2.33. The molecule has 0 aliphatic rings. The highest BCUT2D eigenvalue weighted by atomic mass is 16.4. The van der Waals surface area contributed by atoms with Crippen molar-refractivity contribution in [3.05, 3.63) is 71.8 Å². The maximum atomic E-state index is 12.4. The summed E-state index contributed by atoms with van der Waals surface area (Å²) in [4.78, 5) is 23.9. The quantitative estimate of drug-likeness (QED) is 0.668. The molecule has 0 aliphatic heterocycles. The van der Waals surface area contributed by atoms with E-state index in [0.29, 0.717) is 5.56 Å². The zero-order valence-electron chi connectivity index (χ0n) is 11.2. The summed E-state index contributed by atoms with van der Waals surface area (Å²) in [6, 6.07) is 17.8. The maximum absolute atomic E-state index is 12.4. The molecule has 0 heterocycles. The summed E-state index contributed by atoms with van der Waals surface area (Å²) in [5.41, 5.74) is 1.28. The fourth-order valence-electron chi connectivity index (χ4n) is 2.28. The van der Waals surface area contributed by atoms with Gasteiger partial charge < -0.3 is 5.11 Å². The Morgan fingerprint density at radius 3 is 1.90 bits per heavy atom. The lowest BCUT2D eigenvalue weighted by Crippen LogP contribution is -2.29. The zero-order chi connectivity index (χ0) is 14.5. The average Bonchev–Trinajstić information content (AvgIpc) is 2.48. The Kier molecular flexibility index (Phi) is 4.31. The van der Waals surface area contributed by atoms with E-state index in [-0.39, 0.29) is 11.7 Å². The number of carboxylic acid groups (broad SMARTS) is 1. The number of Topliss-reactive ketones (excluding diaryl/α,β-unsaturated/α-hetero) is 1.